The summed E-state index contributed by atoms with van der Waals surface area (Å²) in [6, 6.07) is 18.3. The van der Waals surface area contributed by atoms with E-state index >= 15 is 0 Å². The predicted octanol–water partition coefficient (Wildman–Crippen LogP) is 5.13. The summed E-state index contributed by atoms with van der Waals surface area (Å²) in [4.78, 5) is 8.59. The van der Waals surface area contributed by atoms with Crippen LogP contribution in [0.2, 0.25) is 0 Å². The fourth-order valence-corrected chi connectivity index (χ4v) is 2.97. The topological polar surface area (TPSA) is 61.1 Å². The van der Waals surface area contributed by atoms with Gasteiger partial charge in [0.25, 0.3) is 0 Å². The van der Waals surface area contributed by atoms with Gasteiger partial charge in [0.05, 0.1) is 16.9 Å². The van der Waals surface area contributed by atoms with E-state index in [0.29, 0.717) is 5.56 Å². The zero-order chi connectivity index (χ0) is 17.8. The normalized spacial score (nSPS) is 12.1. The molecule has 0 spiro atoms. The molecule has 0 atom stereocenters. The second kappa shape index (κ2) is 7.04. The maximum absolute atomic E-state index is 9.52. The van der Waals surface area contributed by atoms with E-state index in [2.05, 4.69) is 21.4 Å². The monoisotopic (exact) mass is 336 g/mol. The number of rotatable bonds is 4. The molecule has 1 aliphatic rings. The Morgan fingerprint density at radius 1 is 1.00 bits per heavy atom. The molecule has 3 aromatic rings. The van der Waals surface area contributed by atoms with Gasteiger partial charge in [0.15, 0.2) is 0 Å². The first-order chi connectivity index (χ1) is 12.8. The first-order valence-corrected chi connectivity index (χ1v) is 8.38. The molecule has 0 unspecified atom stereocenters. The van der Waals surface area contributed by atoms with Crippen LogP contribution in [0, 0.1) is 11.3 Å². The molecule has 2 heterocycles. The first kappa shape index (κ1) is 15.8. The minimum absolute atomic E-state index is 0.511. The summed E-state index contributed by atoms with van der Waals surface area (Å²) < 4.78 is 0. The van der Waals surface area contributed by atoms with Crippen LogP contribution >= 0.6 is 0 Å². The number of hydrogen-bond acceptors (Lipinski definition) is 4. The molecule has 0 bridgehead atoms. The maximum Gasteiger partial charge on any atom is 0.103 e. The molecule has 0 saturated carbocycles. The molecule has 2 aromatic carbocycles. The van der Waals surface area contributed by atoms with Crippen LogP contribution in [0.4, 0.5) is 17.1 Å². The summed E-state index contributed by atoms with van der Waals surface area (Å²) in [5, 5.41) is 13.0. The van der Waals surface area contributed by atoms with E-state index in [1.54, 1.807) is 12.4 Å². The first-order valence-electron chi connectivity index (χ1n) is 8.38. The summed E-state index contributed by atoms with van der Waals surface area (Å²) in [6.07, 6.45) is 10.0. The van der Waals surface area contributed by atoms with Crippen LogP contribution in [-0.2, 0) is 6.42 Å². The fraction of sp³-hybridized carbons (Fsp3) is 0.0455. The zero-order valence-corrected chi connectivity index (χ0v) is 14.1. The molecule has 0 saturated heterocycles. The van der Waals surface area contributed by atoms with Crippen molar-refractivity contribution in [1.29, 1.82) is 5.26 Å². The molecule has 0 aliphatic carbocycles. The van der Waals surface area contributed by atoms with Crippen molar-refractivity contribution in [2.45, 2.75) is 6.42 Å². The fourth-order valence-electron chi connectivity index (χ4n) is 2.97. The van der Waals surface area contributed by atoms with Crippen LogP contribution in [-0.4, -0.2) is 11.2 Å². The van der Waals surface area contributed by atoms with Crippen LogP contribution in [0.5, 0.6) is 0 Å². The molecule has 124 valence electrons. The van der Waals surface area contributed by atoms with Gasteiger partial charge in [-0.25, -0.2) is 0 Å². The zero-order valence-electron chi connectivity index (χ0n) is 14.1. The number of nitriles is 1. The summed E-state index contributed by atoms with van der Waals surface area (Å²) in [5.41, 5.74) is 6.32. The third-order valence-corrected chi connectivity index (χ3v) is 4.29. The van der Waals surface area contributed by atoms with Crippen molar-refractivity contribution in [3.63, 3.8) is 0 Å². The van der Waals surface area contributed by atoms with E-state index in [9.17, 15) is 5.26 Å². The maximum atomic E-state index is 9.52. The Hall–Kier alpha value is -3.71. The van der Waals surface area contributed by atoms with Gasteiger partial charge < -0.3 is 5.32 Å². The molecule has 0 fully saturated rings. The van der Waals surface area contributed by atoms with E-state index in [1.165, 1.54) is 0 Å². The number of aromatic nitrogens is 1. The number of benzene rings is 2. The van der Waals surface area contributed by atoms with Gasteiger partial charge in [0.2, 0.25) is 0 Å². The summed E-state index contributed by atoms with van der Waals surface area (Å²) in [7, 11) is 0. The predicted molar refractivity (Wildman–Crippen MR) is 106 cm³/mol. The SMILES string of the molecule is N#Cc1cncc(C=Cc2ccccc2)c1Nc1cccc2c1CC=N2. The van der Waals surface area contributed by atoms with E-state index in [0.717, 1.165) is 40.2 Å². The minimum Gasteiger partial charge on any atom is -0.354 e. The van der Waals surface area contributed by atoms with E-state index < -0.39 is 0 Å². The van der Waals surface area contributed by atoms with E-state index in [-0.39, 0.29) is 0 Å². The van der Waals surface area contributed by atoms with E-state index in [1.807, 2.05) is 66.9 Å². The lowest BCUT2D eigenvalue weighted by Crippen LogP contribution is -2.00. The number of aliphatic imine (C=N–C) groups is 1. The van der Waals surface area contributed by atoms with Crippen LogP contribution in [0.15, 0.2) is 65.9 Å². The Balaban J connectivity index is 1.73. The molecule has 26 heavy (non-hydrogen) atoms. The third kappa shape index (κ3) is 3.11. The van der Waals surface area contributed by atoms with Crippen molar-refractivity contribution < 1.29 is 0 Å². The van der Waals surface area contributed by atoms with Crippen LogP contribution in [0.1, 0.15) is 22.3 Å². The number of hydrogen-bond donors (Lipinski definition) is 1. The Bertz CT molecular complexity index is 1040. The van der Waals surface area contributed by atoms with Crippen molar-refractivity contribution in [3.05, 3.63) is 83.2 Å². The average Bonchev–Trinajstić information content (AvgIpc) is 3.18. The Kier molecular flexibility index (Phi) is 4.28. The largest absolute Gasteiger partial charge is 0.354 e. The quantitative estimate of drug-likeness (QED) is 0.719. The highest BCUT2D eigenvalue weighted by molar-refractivity contribution is 5.86. The molecule has 0 radical (unpaired) electrons. The van der Waals surface area contributed by atoms with Crippen LogP contribution in [0.3, 0.4) is 0 Å². The van der Waals surface area contributed by atoms with Crippen molar-refractivity contribution in [2.24, 2.45) is 4.99 Å². The molecule has 1 N–H and O–H groups in total. The highest BCUT2D eigenvalue weighted by atomic mass is 14.9. The Morgan fingerprint density at radius 3 is 2.73 bits per heavy atom. The van der Waals surface area contributed by atoms with Crippen LogP contribution < -0.4 is 5.32 Å². The highest BCUT2D eigenvalue weighted by Gasteiger charge is 2.14. The Labute approximate surface area is 152 Å². The number of nitrogens with one attached hydrogen (secondary N) is 1. The van der Waals surface area contributed by atoms with Crippen LogP contribution in [0.25, 0.3) is 12.2 Å². The van der Waals surface area contributed by atoms with Crippen molar-refractivity contribution in [2.75, 3.05) is 5.32 Å². The molecular weight excluding hydrogens is 320 g/mol. The minimum atomic E-state index is 0.511. The van der Waals surface area contributed by atoms with Gasteiger partial charge in [0.1, 0.15) is 6.07 Å². The molecular formula is C22H16N4. The molecule has 0 amide bonds. The lowest BCUT2D eigenvalue weighted by molar-refractivity contribution is 1.28. The van der Waals surface area contributed by atoms with Gasteiger partial charge in [-0.05, 0) is 17.7 Å². The number of pyridine rings is 1. The number of nitrogens with zero attached hydrogens (tertiary/aromatic N) is 3. The number of anilines is 2. The molecule has 1 aliphatic heterocycles. The van der Waals surface area contributed by atoms with Crippen molar-refractivity contribution >= 4 is 35.4 Å². The smallest absolute Gasteiger partial charge is 0.103 e. The Morgan fingerprint density at radius 2 is 1.88 bits per heavy atom. The standard InChI is InChI=1S/C22H16N4/c23-13-18-15-24-14-17(10-9-16-5-2-1-3-6-16)22(18)26-21-8-4-7-20-19(21)11-12-25-20/h1-10,12,14-15H,11H2,(H,24,26). The van der Waals surface area contributed by atoms with Gasteiger partial charge in [0, 0.05) is 41.8 Å². The second-order valence-corrected chi connectivity index (χ2v) is 5.95. The van der Waals surface area contributed by atoms with Gasteiger partial charge in [-0.2, -0.15) is 5.26 Å². The molecule has 4 rings (SSSR count). The highest BCUT2D eigenvalue weighted by Crippen LogP contribution is 2.34. The summed E-state index contributed by atoms with van der Waals surface area (Å²) in [5.74, 6) is 0. The lowest BCUT2D eigenvalue weighted by Gasteiger charge is -2.14. The molecule has 4 heteroatoms. The second-order valence-electron chi connectivity index (χ2n) is 5.95. The number of fused-ring (bicyclic) bond motifs is 1. The summed E-state index contributed by atoms with van der Waals surface area (Å²) >= 11 is 0. The van der Waals surface area contributed by atoms with Gasteiger partial charge >= 0.3 is 0 Å². The third-order valence-electron chi connectivity index (χ3n) is 4.29. The summed E-state index contributed by atoms with van der Waals surface area (Å²) in [6.45, 7) is 0. The van der Waals surface area contributed by atoms with Gasteiger partial charge in [-0.15, -0.1) is 0 Å². The molecule has 4 nitrogen and oxygen atoms in total. The van der Waals surface area contributed by atoms with Gasteiger partial charge in [-0.3, -0.25) is 9.98 Å². The van der Waals surface area contributed by atoms with E-state index in [4.69, 9.17) is 0 Å². The lowest BCUT2D eigenvalue weighted by atomic mass is 10.1. The van der Waals surface area contributed by atoms with Crippen molar-refractivity contribution in [1.82, 2.24) is 4.98 Å². The van der Waals surface area contributed by atoms with Gasteiger partial charge in [-0.1, -0.05) is 48.6 Å². The van der Waals surface area contributed by atoms with Crippen molar-refractivity contribution in [3.8, 4) is 6.07 Å². The molecule has 1 aromatic heterocycles. The average molecular weight is 336 g/mol.